The maximum atomic E-state index is 11.7. The highest BCUT2D eigenvalue weighted by Crippen LogP contribution is 2.12. The standard InChI is InChI=1S/C8H8F3N3O/c9-8(10,11)4-14-7(15)5-1-2-6(12)13-3-5/h1-3H,4H2,(H2,12,13)(H,14,15). The van der Waals surface area contributed by atoms with Gasteiger partial charge in [-0.05, 0) is 12.1 Å². The summed E-state index contributed by atoms with van der Waals surface area (Å²) in [5, 5.41) is 1.71. The summed E-state index contributed by atoms with van der Waals surface area (Å²) in [5.41, 5.74) is 5.28. The van der Waals surface area contributed by atoms with Gasteiger partial charge in [-0.3, -0.25) is 4.79 Å². The average Bonchev–Trinajstić information content (AvgIpc) is 2.14. The summed E-state index contributed by atoms with van der Waals surface area (Å²) in [7, 11) is 0. The Bertz CT molecular complexity index is 347. The number of nitrogen functional groups attached to an aromatic ring is 1. The lowest BCUT2D eigenvalue weighted by molar-refractivity contribution is -0.123. The molecule has 3 N–H and O–H groups in total. The molecule has 0 atom stereocenters. The quantitative estimate of drug-likeness (QED) is 0.778. The molecule has 1 amide bonds. The molecular formula is C8H8F3N3O. The van der Waals surface area contributed by atoms with Crippen LogP contribution in [-0.2, 0) is 0 Å². The van der Waals surface area contributed by atoms with Crippen molar-refractivity contribution in [2.75, 3.05) is 12.3 Å². The third-order valence-corrected chi connectivity index (χ3v) is 1.50. The zero-order valence-corrected chi connectivity index (χ0v) is 7.51. The molecular weight excluding hydrogens is 211 g/mol. The van der Waals surface area contributed by atoms with E-state index in [1.807, 2.05) is 0 Å². The molecule has 0 aliphatic heterocycles. The molecule has 15 heavy (non-hydrogen) atoms. The fourth-order valence-corrected chi connectivity index (χ4v) is 0.822. The normalized spacial score (nSPS) is 11.1. The van der Waals surface area contributed by atoms with Gasteiger partial charge in [0.05, 0.1) is 5.56 Å². The van der Waals surface area contributed by atoms with Gasteiger partial charge in [-0.2, -0.15) is 13.2 Å². The van der Waals surface area contributed by atoms with Crippen LogP contribution >= 0.6 is 0 Å². The van der Waals surface area contributed by atoms with E-state index in [1.165, 1.54) is 12.1 Å². The van der Waals surface area contributed by atoms with Gasteiger partial charge in [0.1, 0.15) is 12.4 Å². The van der Waals surface area contributed by atoms with Crippen molar-refractivity contribution >= 4 is 11.7 Å². The second-order valence-corrected chi connectivity index (χ2v) is 2.77. The molecule has 0 saturated carbocycles. The lowest BCUT2D eigenvalue weighted by Gasteiger charge is -2.07. The van der Waals surface area contributed by atoms with Gasteiger partial charge in [0.15, 0.2) is 0 Å². The zero-order valence-electron chi connectivity index (χ0n) is 7.51. The molecule has 0 aliphatic rings. The molecule has 4 nitrogen and oxygen atoms in total. The molecule has 0 radical (unpaired) electrons. The average molecular weight is 219 g/mol. The monoisotopic (exact) mass is 219 g/mol. The summed E-state index contributed by atoms with van der Waals surface area (Å²) >= 11 is 0. The highest BCUT2D eigenvalue weighted by Gasteiger charge is 2.27. The minimum Gasteiger partial charge on any atom is -0.384 e. The van der Waals surface area contributed by atoms with Crippen LogP contribution in [0.1, 0.15) is 10.4 Å². The summed E-state index contributed by atoms with van der Waals surface area (Å²) in [4.78, 5) is 14.7. The first-order valence-corrected chi connectivity index (χ1v) is 3.95. The summed E-state index contributed by atoms with van der Waals surface area (Å²) < 4.78 is 35.2. The number of aromatic nitrogens is 1. The molecule has 82 valence electrons. The van der Waals surface area contributed by atoms with Crippen molar-refractivity contribution in [1.29, 1.82) is 0 Å². The largest absolute Gasteiger partial charge is 0.405 e. The van der Waals surface area contributed by atoms with Crippen molar-refractivity contribution in [3.8, 4) is 0 Å². The van der Waals surface area contributed by atoms with Crippen LogP contribution in [0, 0.1) is 0 Å². The molecule has 1 rings (SSSR count). The molecule has 1 aromatic rings. The summed E-state index contributed by atoms with van der Waals surface area (Å²) in [5.74, 6) is -0.637. The Morgan fingerprint density at radius 3 is 2.60 bits per heavy atom. The molecule has 0 spiro atoms. The van der Waals surface area contributed by atoms with Gasteiger partial charge in [0.25, 0.3) is 5.91 Å². The highest BCUT2D eigenvalue weighted by atomic mass is 19.4. The number of amides is 1. The zero-order chi connectivity index (χ0) is 11.5. The number of nitrogens with one attached hydrogen (secondary N) is 1. The number of carbonyl (C=O) groups excluding carboxylic acids is 1. The first-order valence-electron chi connectivity index (χ1n) is 3.95. The number of carbonyl (C=O) groups is 1. The van der Waals surface area contributed by atoms with Crippen molar-refractivity contribution < 1.29 is 18.0 Å². The van der Waals surface area contributed by atoms with E-state index in [0.717, 1.165) is 6.20 Å². The molecule has 1 heterocycles. The van der Waals surface area contributed by atoms with Crippen molar-refractivity contribution in [3.63, 3.8) is 0 Å². The van der Waals surface area contributed by atoms with Crippen LogP contribution in [0.25, 0.3) is 0 Å². The minimum atomic E-state index is -4.42. The Balaban J connectivity index is 2.58. The van der Waals surface area contributed by atoms with Crippen LogP contribution in [0.3, 0.4) is 0 Å². The lowest BCUT2D eigenvalue weighted by Crippen LogP contribution is -2.33. The number of anilines is 1. The third-order valence-electron chi connectivity index (χ3n) is 1.50. The van der Waals surface area contributed by atoms with Crippen LogP contribution in [0.4, 0.5) is 19.0 Å². The maximum Gasteiger partial charge on any atom is 0.405 e. The molecule has 0 bridgehead atoms. The van der Waals surface area contributed by atoms with E-state index in [-0.39, 0.29) is 11.4 Å². The van der Waals surface area contributed by atoms with Crippen molar-refractivity contribution in [1.82, 2.24) is 10.3 Å². The Kier molecular flexibility index (Phi) is 3.13. The van der Waals surface area contributed by atoms with Crippen molar-refractivity contribution in [2.24, 2.45) is 0 Å². The Hall–Kier alpha value is -1.79. The fourth-order valence-electron chi connectivity index (χ4n) is 0.822. The fraction of sp³-hybridized carbons (Fsp3) is 0.250. The predicted octanol–water partition coefficient (Wildman–Crippen LogP) is 0.956. The van der Waals surface area contributed by atoms with E-state index in [4.69, 9.17) is 5.73 Å². The second-order valence-electron chi connectivity index (χ2n) is 2.77. The topological polar surface area (TPSA) is 68.0 Å². The minimum absolute atomic E-state index is 0.0356. The molecule has 0 aliphatic carbocycles. The maximum absolute atomic E-state index is 11.7. The molecule has 0 unspecified atom stereocenters. The number of alkyl halides is 3. The van der Waals surface area contributed by atoms with Gasteiger partial charge in [0, 0.05) is 6.20 Å². The van der Waals surface area contributed by atoms with Crippen LogP contribution in [-0.4, -0.2) is 23.6 Å². The van der Waals surface area contributed by atoms with E-state index in [9.17, 15) is 18.0 Å². The highest BCUT2D eigenvalue weighted by molar-refractivity contribution is 5.94. The van der Waals surface area contributed by atoms with Gasteiger partial charge in [-0.15, -0.1) is 0 Å². The van der Waals surface area contributed by atoms with Crippen LogP contribution in [0.5, 0.6) is 0 Å². The van der Waals surface area contributed by atoms with Crippen molar-refractivity contribution in [3.05, 3.63) is 23.9 Å². The third kappa shape index (κ3) is 3.84. The molecule has 7 heteroatoms. The number of halogens is 3. The van der Waals surface area contributed by atoms with Crippen LogP contribution in [0.15, 0.2) is 18.3 Å². The van der Waals surface area contributed by atoms with Crippen molar-refractivity contribution in [2.45, 2.75) is 6.18 Å². The van der Waals surface area contributed by atoms with E-state index in [2.05, 4.69) is 4.98 Å². The van der Waals surface area contributed by atoms with Gasteiger partial charge in [0.2, 0.25) is 0 Å². The van der Waals surface area contributed by atoms with Gasteiger partial charge < -0.3 is 11.1 Å². The molecule has 0 aromatic carbocycles. The first kappa shape index (κ1) is 11.3. The second kappa shape index (κ2) is 4.16. The number of pyridine rings is 1. The first-order chi connectivity index (χ1) is 6.88. The van der Waals surface area contributed by atoms with Crippen LogP contribution < -0.4 is 11.1 Å². The number of hydrogen-bond donors (Lipinski definition) is 2. The van der Waals surface area contributed by atoms with Gasteiger partial charge in [-0.1, -0.05) is 0 Å². The molecule has 0 saturated heterocycles. The van der Waals surface area contributed by atoms with E-state index >= 15 is 0 Å². The predicted molar refractivity (Wildman–Crippen MR) is 47.0 cm³/mol. The number of rotatable bonds is 2. The summed E-state index contributed by atoms with van der Waals surface area (Å²) in [6, 6.07) is 2.64. The molecule has 0 fully saturated rings. The Morgan fingerprint density at radius 2 is 2.13 bits per heavy atom. The smallest absolute Gasteiger partial charge is 0.384 e. The van der Waals surface area contributed by atoms with E-state index in [0.29, 0.717) is 0 Å². The Labute approximate surface area is 83.3 Å². The number of hydrogen-bond acceptors (Lipinski definition) is 3. The van der Waals surface area contributed by atoms with E-state index in [1.54, 1.807) is 5.32 Å². The number of nitrogens with two attached hydrogens (primary N) is 1. The van der Waals surface area contributed by atoms with E-state index < -0.39 is 18.6 Å². The molecule has 1 aromatic heterocycles. The summed E-state index contributed by atoms with van der Waals surface area (Å²) in [6.07, 6.45) is -3.31. The van der Waals surface area contributed by atoms with Gasteiger partial charge in [-0.25, -0.2) is 4.98 Å². The Morgan fingerprint density at radius 1 is 1.47 bits per heavy atom. The number of nitrogens with zero attached hydrogens (tertiary/aromatic N) is 1. The summed E-state index contributed by atoms with van der Waals surface area (Å²) in [6.45, 7) is -1.36. The lowest BCUT2D eigenvalue weighted by atomic mass is 10.2. The van der Waals surface area contributed by atoms with Crippen LogP contribution in [0.2, 0.25) is 0 Å². The SMILES string of the molecule is Nc1ccc(C(=O)NCC(F)(F)F)cn1. The van der Waals surface area contributed by atoms with Gasteiger partial charge >= 0.3 is 6.18 Å².